The standard InChI is InChI=1S/C23H16BrCl3F6N2O2/c24-15-7-11(2-4-14(23(31,32)33)12-8-16(25)18(27)17(26)9-12)1-3-13(15)19(36)35-21(5-6-21)20(37)34-10-22(28,29)30/h1-4,7-9,14H,5-6,10H2,(H,34,37)(H,35,36)/b4-2+. The first-order valence-electron chi connectivity index (χ1n) is 10.4. The van der Waals surface area contributed by atoms with Crippen molar-refractivity contribution in [2.75, 3.05) is 6.54 Å². The Kier molecular flexibility index (Phi) is 8.83. The first kappa shape index (κ1) is 29.6. The third kappa shape index (κ3) is 7.55. The molecule has 14 heteroatoms. The lowest BCUT2D eigenvalue weighted by Gasteiger charge is -2.19. The fourth-order valence-corrected chi connectivity index (χ4v) is 4.55. The summed E-state index contributed by atoms with van der Waals surface area (Å²) in [7, 11) is 0. The van der Waals surface area contributed by atoms with Gasteiger partial charge in [-0.1, -0.05) is 53.0 Å². The van der Waals surface area contributed by atoms with Crippen molar-refractivity contribution >= 4 is 68.6 Å². The van der Waals surface area contributed by atoms with Gasteiger partial charge in [-0.3, -0.25) is 9.59 Å². The predicted molar refractivity (Wildman–Crippen MR) is 132 cm³/mol. The van der Waals surface area contributed by atoms with Crippen molar-refractivity contribution < 1.29 is 35.9 Å². The molecule has 1 fully saturated rings. The summed E-state index contributed by atoms with van der Waals surface area (Å²) in [4.78, 5) is 24.8. The highest BCUT2D eigenvalue weighted by molar-refractivity contribution is 9.10. The van der Waals surface area contributed by atoms with Crippen LogP contribution in [-0.4, -0.2) is 36.3 Å². The molecule has 0 saturated heterocycles. The highest BCUT2D eigenvalue weighted by atomic mass is 79.9. The Hall–Kier alpha value is -1.95. The normalized spacial score (nSPS) is 15.9. The number of halogens is 10. The van der Waals surface area contributed by atoms with Crippen LogP contribution in [-0.2, 0) is 4.79 Å². The van der Waals surface area contributed by atoms with Crippen LogP contribution >= 0.6 is 50.7 Å². The van der Waals surface area contributed by atoms with E-state index in [0.717, 1.165) is 18.2 Å². The Labute approximate surface area is 230 Å². The first-order chi connectivity index (χ1) is 17.0. The molecule has 1 aliphatic rings. The molecule has 0 spiro atoms. The summed E-state index contributed by atoms with van der Waals surface area (Å²) in [5, 5.41) is 3.85. The van der Waals surface area contributed by atoms with Crippen molar-refractivity contribution in [3.63, 3.8) is 0 Å². The molecule has 0 radical (unpaired) electrons. The Morgan fingerprint density at radius 3 is 2.11 bits per heavy atom. The number of allylic oxidation sites excluding steroid dienone is 1. The van der Waals surface area contributed by atoms with E-state index in [0.29, 0.717) is 5.56 Å². The maximum atomic E-state index is 13.7. The van der Waals surface area contributed by atoms with Crippen LogP contribution in [0.4, 0.5) is 26.3 Å². The van der Waals surface area contributed by atoms with Crippen molar-refractivity contribution in [2.24, 2.45) is 0 Å². The number of alkyl halides is 6. The molecule has 0 heterocycles. The zero-order chi connectivity index (χ0) is 27.8. The van der Waals surface area contributed by atoms with Crippen molar-refractivity contribution in [2.45, 2.75) is 36.7 Å². The fourth-order valence-electron chi connectivity index (χ4n) is 3.36. The van der Waals surface area contributed by atoms with Gasteiger partial charge < -0.3 is 10.6 Å². The topological polar surface area (TPSA) is 58.2 Å². The van der Waals surface area contributed by atoms with Crippen LogP contribution in [0, 0.1) is 0 Å². The van der Waals surface area contributed by atoms with E-state index in [4.69, 9.17) is 34.8 Å². The Morgan fingerprint density at radius 2 is 1.62 bits per heavy atom. The van der Waals surface area contributed by atoms with E-state index in [1.807, 2.05) is 0 Å². The number of nitrogens with one attached hydrogen (secondary N) is 2. The van der Waals surface area contributed by atoms with Gasteiger partial charge in [-0.05, 0) is 64.2 Å². The van der Waals surface area contributed by atoms with Crippen molar-refractivity contribution in [3.8, 4) is 0 Å². The maximum Gasteiger partial charge on any atom is 0.405 e. The summed E-state index contributed by atoms with van der Waals surface area (Å²) in [5.74, 6) is -3.75. The van der Waals surface area contributed by atoms with Gasteiger partial charge in [0.05, 0.1) is 26.5 Å². The molecule has 2 aromatic carbocycles. The van der Waals surface area contributed by atoms with Crippen LogP contribution < -0.4 is 10.6 Å². The second-order valence-corrected chi connectivity index (χ2v) is 10.3. The summed E-state index contributed by atoms with van der Waals surface area (Å²) in [5.41, 5.74) is -1.33. The molecule has 0 aliphatic heterocycles. The Morgan fingerprint density at radius 1 is 1.03 bits per heavy atom. The summed E-state index contributed by atoms with van der Waals surface area (Å²) < 4.78 is 78.5. The summed E-state index contributed by atoms with van der Waals surface area (Å²) >= 11 is 20.8. The van der Waals surface area contributed by atoms with Crippen LogP contribution in [0.1, 0.15) is 40.2 Å². The zero-order valence-electron chi connectivity index (χ0n) is 18.3. The zero-order valence-corrected chi connectivity index (χ0v) is 22.2. The third-order valence-electron chi connectivity index (χ3n) is 5.42. The SMILES string of the molecule is O=C(NC1(C(=O)NCC(F)(F)F)CC1)c1ccc(/C=C/C(c2cc(Cl)c(Cl)c(Cl)c2)C(F)(F)F)cc1Br. The predicted octanol–water partition coefficient (Wildman–Crippen LogP) is 7.71. The number of hydrogen-bond acceptors (Lipinski definition) is 2. The van der Waals surface area contributed by atoms with Crippen LogP contribution in [0.25, 0.3) is 6.08 Å². The Balaban J connectivity index is 1.76. The minimum atomic E-state index is -4.68. The van der Waals surface area contributed by atoms with E-state index in [2.05, 4.69) is 21.2 Å². The molecular formula is C23H16BrCl3F6N2O2. The molecule has 200 valence electrons. The largest absolute Gasteiger partial charge is 0.405 e. The average molecular weight is 653 g/mol. The fraction of sp³-hybridized carbons (Fsp3) is 0.304. The van der Waals surface area contributed by atoms with E-state index in [1.165, 1.54) is 24.3 Å². The monoisotopic (exact) mass is 650 g/mol. The molecule has 2 N–H and O–H groups in total. The molecule has 37 heavy (non-hydrogen) atoms. The highest BCUT2D eigenvalue weighted by Crippen LogP contribution is 2.41. The molecule has 3 rings (SSSR count). The van der Waals surface area contributed by atoms with E-state index < -0.39 is 42.2 Å². The number of benzene rings is 2. The Bertz CT molecular complexity index is 1220. The second kappa shape index (κ2) is 11.0. The van der Waals surface area contributed by atoms with Gasteiger partial charge >= 0.3 is 12.4 Å². The van der Waals surface area contributed by atoms with Gasteiger partial charge in [0.15, 0.2) is 0 Å². The van der Waals surface area contributed by atoms with Gasteiger partial charge in [0, 0.05) is 4.47 Å². The van der Waals surface area contributed by atoms with Gasteiger partial charge in [-0.25, -0.2) is 0 Å². The van der Waals surface area contributed by atoms with Gasteiger partial charge in [0.2, 0.25) is 5.91 Å². The van der Waals surface area contributed by atoms with E-state index in [1.54, 1.807) is 5.32 Å². The molecule has 4 nitrogen and oxygen atoms in total. The molecule has 2 amide bonds. The number of hydrogen-bond donors (Lipinski definition) is 2. The van der Waals surface area contributed by atoms with Crippen molar-refractivity contribution in [1.29, 1.82) is 0 Å². The van der Waals surface area contributed by atoms with Gasteiger partial charge in [-0.2, -0.15) is 26.3 Å². The number of carbonyl (C=O) groups excluding carboxylic acids is 2. The molecule has 1 aliphatic carbocycles. The smallest absolute Gasteiger partial charge is 0.345 e. The molecule has 1 saturated carbocycles. The van der Waals surface area contributed by atoms with Crippen molar-refractivity contribution in [3.05, 3.63) is 72.6 Å². The van der Waals surface area contributed by atoms with E-state index in [9.17, 15) is 35.9 Å². The maximum absolute atomic E-state index is 13.7. The van der Waals surface area contributed by atoms with E-state index in [-0.39, 0.29) is 43.5 Å². The lowest BCUT2D eigenvalue weighted by atomic mass is 9.97. The first-order valence-corrected chi connectivity index (χ1v) is 12.3. The van der Waals surface area contributed by atoms with Gasteiger partial charge in [0.25, 0.3) is 5.91 Å². The lowest BCUT2D eigenvalue weighted by Crippen LogP contribution is -2.50. The van der Waals surface area contributed by atoms with Gasteiger partial charge in [0.1, 0.15) is 12.1 Å². The summed E-state index contributed by atoms with van der Waals surface area (Å²) in [6.45, 7) is -1.53. The van der Waals surface area contributed by atoms with Crippen LogP contribution in [0.15, 0.2) is 40.9 Å². The van der Waals surface area contributed by atoms with Crippen LogP contribution in [0.2, 0.25) is 15.1 Å². The minimum Gasteiger partial charge on any atom is -0.345 e. The molecule has 0 aromatic heterocycles. The third-order valence-corrected chi connectivity index (χ3v) is 7.28. The molecular weight excluding hydrogens is 637 g/mol. The van der Waals surface area contributed by atoms with Crippen LogP contribution in [0.3, 0.4) is 0 Å². The molecule has 1 unspecified atom stereocenters. The second-order valence-electron chi connectivity index (χ2n) is 8.25. The molecule has 0 bridgehead atoms. The summed E-state index contributed by atoms with van der Waals surface area (Å²) in [6, 6.07) is 6.19. The highest BCUT2D eigenvalue weighted by Gasteiger charge is 2.52. The quantitative estimate of drug-likeness (QED) is 0.238. The molecule has 1 atom stereocenters. The van der Waals surface area contributed by atoms with Crippen molar-refractivity contribution in [1.82, 2.24) is 10.6 Å². The minimum absolute atomic E-state index is 0.0377. The number of rotatable bonds is 7. The van der Waals surface area contributed by atoms with E-state index >= 15 is 0 Å². The average Bonchev–Trinajstić information content (AvgIpc) is 3.55. The lowest BCUT2D eigenvalue weighted by molar-refractivity contribution is -0.140. The van der Waals surface area contributed by atoms with Crippen LogP contribution in [0.5, 0.6) is 0 Å². The number of amides is 2. The summed E-state index contributed by atoms with van der Waals surface area (Å²) in [6.07, 6.45) is -6.87. The number of carbonyl (C=O) groups is 2. The molecule has 2 aromatic rings. The van der Waals surface area contributed by atoms with Gasteiger partial charge in [-0.15, -0.1) is 0 Å².